The number of carbonyl (C=O) groups is 1. The lowest BCUT2D eigenvalue weighted by molar-refractivity contribution is -0.125. The molecule has 0 spiro atoms. The van der Waals surface area contributed by atoms with Crippen LogP contribution in [0, 0.1) is 6.92 Å². The molecule has 1 fully saturated rings. The molecule has 0 saturated heterocycles. The minimum Gasteiger partial charge on any atom is -0.444 e. The smallest absolute Gasteiger partial charge is 0.226 e. The number of aromatic nitrogens is 1. The highest BCUT2D eigenvalue weighted by Crippen LogP contribution is 2.32. The molecule has 1 amide bonds. The third-order valence-electron chi connectivity index (χ3n) is 4.58. The van der Waals surface area contributed by atoms with Crippen molar-refractivity contribution in [1.29, 1.82) is 0 Å². The van der Waals surface area contributed by atoms with Gasteiger partial charge in [-0.15, -0.1) is 0 Å². The Bertz CT molecular complexity index is 685. The number of hydrogen-bond acceptors (Lipinski definition) is 4. The number of nitrogens with one attached hydrogen (secondary N) is 1. The predicted molar refractivity (Wildman–Crippen MR) is 91.4 cm³/mol. The third-order valence-corrected chi connectivity index (χ3v) is 4.58. The Morgan fingerprint density at radius 3 is 2.71 bits per heavy atom. The number of amides is 1. The molecule has 0 atom stereocenters. The first-order valence-corrected chi connectivity index (χ1v) is 8.55. The molecule has 1 saturated carbocycles. The Hall–Kier alpha value is -2.14. The number of aliphatic hydroxyl groups is 1. The molecule has 1 heterocycles. The van der Waals surface area contributed by atoms with Crippen LogP contribution >= 0.6 is 0 Å². The zero-order chi connectivity index (χ0) is 17.0. The average molecular weight is 328 g/mol. The van der Waals surface area contributed by atoms with E-state index in [-0.39, 0.29) is 12.3 Å². The van der Waals surface area contributed by atoms with Gasteiger partial charge in [0.15, 0.2) is 0 Å². The lowest BCUT2D eigenvalue weighted by atomic mass is 9.98. The van der Waals surface area contributed by atoms with Gasteiger partial charge in [-0.05, 0) is 31.9 Å². The molecule has 2 N–H and O–H groups in total. The SMILES string of the molecule is Cc1ccc(-c2nc(CCNC(=O)CC3(O)CCCC3)co2)cc1. The van der Waals surface area contributed by atoms with Gasteiger partial charge in [0, 0.05) is 18.5 Å². The van der Waals surface area contributed by atoms with Crippen LogP contribution in [-0.4, -0.2) is 28.1 Å². The van der Waals surface area contributed by atoms with E-state index in [4.69, 9.17) is 4.42 Å². The largest absolute Gasteiger partial charge is 0.444 e. The highest BCUT2D eigenvalue weighted by atomic mass is 16.3. The van der Waals surface area contributed by atoms with Gasteiger partial charge in [0.1, 0.15) is 6.26 Å². The van der Waals surface area contributed by atoms with Gasteiger partial charge >= 0.3 is 0 Å². The fraction of sp³-hybridized carbons (Fsp3) is 0.474. The number of oxazole rings is 1. The molecule has 3 rings (SSSR count). The van der Waals surface area contributed by atoms with Gasteiger partial charge in [-0.2, -0.15) is 0 Å². The fourth-order valence-corrected chi connectivity index (χ4v) is 3.15. The number of rotatable bonds is 6. The van der Waals surface area contributed by atoms with Crippen molar-refractivity contribution >= 4 is 5.91 Å². The van der Waals surface area contributed by atoms with Crippen LogP contribution in [0.4, 0.5) is 0 Å². The maximum absolute atomic E-state index is 11.9. The topological polar surface area (TPSA) is 75.4 Å². The van der Waals surface area contributed by atoms with Crippen LogP contribution in [0.5, 0.6) is 0 Å². The summed E-state index contributed by atoms with van der Waals surface area (Å²) in [7, 11) is 0. The number of aryl methyl sites for hydroxylation is 1. The van der Waals surface area contributed by atoms with Gasteiger partial charge in [0.05, 0.1) is 17.7 Å². The summed E-state index contributed by atoms with van der Waals surface area (Å²) in [6, 6.07) is 8.00. The maximum Gasteiger partial charge on any atom is 0.226 e. The first-order chi connectivity index (χ1) is 11.5. The van der Waals surface area contributed by atoms with Gasteiger partial charge in [0.2, 0.25) is 11.8 Å². The van der Waals surface area contributed by atoms with Gasteiger partial charge in [0.25, 0.3) is 0 Å². The van der Waals surface area contributed by atoms with Crippen LogP contribution in [0.2, 0.25) is 0 Å². The summed E-state index contributed by atoms with van der Waals surface area (Å²) < 4.78 is 5.51. The summed E-state index contributed by atoms with van der Waals surface area (Å²) in [5, 5.41) is 13.1. The van der Waals surface area contributed by atoms with E-state index in [1.165, 1.54) is 5.56 Å². The van der Waals surface area contributed by atoms with Crippen LogP contribution in [0.25, 0.3) is 11.5 Å². The quantitative estimate of drug-likeness (QED) is 0.855. The molecule has 5 heteroatoms. The van der Waals surface area contributed by atoms with Gasteiger partial charge in [-0.3, -0.25) is 4.79 Å². The summed E-state index contributed by atoms with van der Waals surface area (Å²) in [6.45, 7) is 2.53. The van der Waals surface area contributed by atoms with Crippen LogP contribution in [-0.2, 0) is 11.2 Å². The summed E-state index contributed by atoms with van der Waals surface area (Å²) in [4.78, 5) is 16.4. The first kappa shape index (κ1) is 16.7. The average Bonchev–Trinajstić information content (AvgIpc) is 3.17. The zero-order valence-electron chi connectivity index (χ0n) is 14.0. The van der Waals surface area contributed by atoms with E-state index in [1.54, 1.807) is 6.26 Å². The molecule has 5 nitrogen and oxygen atoms in total. The van der Waals surface area contributed by atoms with E-state index in [2.05, 4.69) is 10.3 Å². The number of carbonyl (C=O) groups excluding carboxylic acids is 1. The van der Waals surface area contributed by atoms with Crippen molar-refractivity contribution in [1.82, 2.24) is 10.3 Å². The lowest BCUT2D eigenvalue weighted by Crippen LogP contribution is -2.35. The maximum atomic E-state index is 11.9. The number of nitrogens with zero attached hydrogens (tertiary/aromatic N) is 1. The second-order valence-corrected chi connectivity index (χ2v) is 6.72. The van der Waals surface area contributed by atoms with Gasteiger partial charge < -0.3 is 14.8 Å². The Balaban J connectivity index is 1.47. The molecule has 0 radical (unpaired) electrons. The summed E-state index contributed by atoms with van der Waals surface area (Å²) >= 11 is 0. The molecule has 2 aromatic rings. The number of benzene rings is 1. The lowest BCUT2D eigenvalue weighted by Gasteiger charge is -2.20. The second-order valence-electron chi connectivity index (χ2n) is 6.72. The standard InChI is InChI=1S/C19H24N2O3/c1-14-4-6-15(7-5-14)18-21-16(13-24-18)8-11-20-17(22)12-19(23)9-2-3-10-19/h4-7,13,23H,2-3,8-12H2,1H3,(H,20,22). The fourth-order valence-electron chi connectivity index (χ4n) is 3.15. The van der Waals surface area contributed by atoms with Gasteiger partial charge in [-0.1, -0.05) is 30.5 Å². The monoisotopic (exact) mass is 328 g/mol. The molecule has 1 aliphatic rings. The van der Waals surface area contributed by atoms with E-state index in [9.17, 15) is 9.90 Å². The molecule has 1 aliphatic carbocycles. The van der Waals surface area contributed by atoms with E-state index < -0.39 is 5.60 Å². The molecular weight excluding hydrogens is 304 g/mol. The molecule has 24 heavy (non-hydrogen) atoms. The summed E-state index contributed by atoms with van der Waals surface area (Å²) in [5.41, 5.74) is 2.15. The Morgan fingerprint density at radius 2 is 2.00 bits per heavy atom. The molecule has 1 aromatic carbocycles. The summed E-state index contributed by atoms with van der Waals surface area (Å²) in [5.74, 6) is 0.498. The van der Waals surface area contributed by atoms with Crippen LogP contribution in [0.3, 0.4) is 0 Å². The Morgan fingerprint density at radius 1 is 1.29 bits per heavy atom. The van der Waals surface area contributed by atoms with E-state index in [1.807, 2.05) is 31.2 Å². The van der Waals surface area contributed by atoms with E-state index in [0.717, 1.165) is 36.9 Å². The second kappa shape index (κ2) is 7.18. The van der Waals surface area contributed by atoms with Crippen molar-refractivity contribution in [3.8, 4) is 11.5 Å². The van der Waals surface area contributed by atoms with Crippen molar-refractivity contribution in [2.75, 3.05) is 6.54 Å². The van der Waals surface area contributed by atoms with E-state index in [0.29, 0.717) is 18.9 Å². The van der Waals surface area contributed by atoms with Crippen LogP contribution in [0.1, 0.15) is 43.4 Å². The van der Waals surface area contributed by atoms with Crippen molar-refractivity contribution in [3.05, 3.63) is 41.8 Å². The van der Waals surface area contributed by atoms with Crippen molar-refractivity contribution in [2.24, 2.45) is 0 Å². The molecule has 0 unspecified atom stereocenters. The minimum absolute atomic E-state index is 0.0957. The Labute approximate surface area is 142 Å². The van der Waals surface area contributed by atoms with Crippen molar-refractivity contribution < 1.29 is 14.3 Å². The van der Waals surface area contributed by atoms with Crippen molar-refractivity contribution in [3.63, 3.8) is 0 Å². The zero-order valence-corrected chi connectivity index (χ0v) is 14.0. The van der Waals surface area contributed by atoms with E-state index >= 15 is 0 Å². The van der Waals surface area contributed by atoms with Crippen molar-refractivity contribution in [2.45, 2.75) is 51.0 Å². The Kier molecular flexibility index (Phi) is 5.00. The van der Waals surface area contributed by atoms with Crippen LogP contribution in [0.15, 0.2) is 34.9 Å². The van der Waals surface area contributed by atoms with Gasteiger partial charge in [-0.25, -0.2) is 4.98 Å². The number of hydrogen-bond donors (Lipinski definition) is 2. The molecular formula is C19H24N2O3. The van der Waals surface area contributed by atoms with Crippen LogP contribution < -0.4 is 5.32 Å². The normalized spacial score (nSPS) is 16.2. The highest BCUT2D eigenvalue weighted by Gasteiger charge is 2.33. The molecule has 1 aromatic heterocycles. The first-order valence-electron chi connectivity index (χ1n) is 8.55. The minimum atomic E-state index is -0.795. The highest BCUT2D eigenvalue weighted by molar-refractivity contribution is 5.77. The summed E-state index contributed by atoms with van der Waals surface area (Å²) in [6.07, 6.45) is 5.90. The molecule has 128 valence electrons. The predicted octanol–water partition coefficient (Wildman–Crippen LogP) is 3.00. The molecule has 0 aliphatic heterocycles. The third kappa shape index (κ3) is 4.23. The molecule has 0 bridgehead atoms.